The number of hydrogen-bond donors (Lipinski definition) is 1. The molecule has 2 bridgehead atoms. The number of likely N-dealkylation sites (tertiary alicyclic amines) is 1. The number of carbonyl (C=O) groups is 1. The van der Waals surface area contributed by atoms with Crippen molar-refractivity contribution in [2.75, 3.05) is 6.54 Å². The Labute approximate surface area is 116 Å². The summed E-state index contributed by atoms with van der Waals surface area (Å²) in [6.07, 6.45) is 3.00. The second-order valence-electron chi connectivity index (χ2n) is 5.48. The van der Waals surface area contributed by atoms with Gasteiger partial charge in [0.2, 0.25) is 10.0 Å². The number of benzene rings is 1. The molecule has 2 aliphatic rings. The number of nitrogens with two attached hydrogens (primary N) is 1. The minimum Gasteiger partial charge on any atom is -0.335 e. The topological polar surface area (TPSA) is 80.5 Å². The summed E-state index contributed by atoms with van der Waals surface area (Å²) >= 11 is 0. The average molecular weight is 298 g/mol. The second-order valence-corrected chi connectivity index (χ2v) is 7.04. The van der Waals surface area contributed by atoms with E-state index in [0.717, 1.165) is 37.5 Å². The van der Waals surface area contributed by atoms with Crippen LogP contribution in [0.5, 0.6) is 0 Å². The largest absolute Gasteiger partial charge is 0.335 e. The molecule has 2 fully saturated rings. The average Bonchev–Trinajstić information content (AvgIpc) is 2.99. The second kappa shape index (κ2) is 4.53. The van der Waals surface area contributed by atoms with Crippen molar-refractivity contribution in [2.24, 2.45) is 11.1 Å². The predicted octanol–water partition coefficient (Wildman–Crippen LogP) is 1.10. The number of rotatable bonds is 2. The summed E-state index contributed by atoms with van der Waals surface area (Å²) in [6, 6.07) is 3.22. The lowest BCUT2D eigenvalue weighted by molar-refractivity contribution is 0.0698. The lowest BCUT2D eigenvalue weighted by atomic mass is 10.1. The summed E-state index contributed by atoms with van der Waals surface area (Å²) in [5, 5.41) is 5.01. The Kier molecular flexibility index (Phi) is 3.06. The highest BCUT2D eigenvalue weighted by molar-refractivity contribution is 7.89. The van der Waals surface area contributed by atoms with Gasteiger partial charge >= 0.3 is 0 Å². The lowest BCUT2D eigenvalue weighted by Crippen LogP contribution is -2.38. The molecule has 5 nitrogen and oxygen atoms in total. The van der Waals surface area contributed by atoms with E-state index in [9.17, 15) is 17.6 Å². The number of nitrogens with zero attached hydrogens (tertiary/aromatic N) is 1. The van der Waals surface area contributed by atoms with E-state index in [-0.39, 0.29) is 16.5 Å². The van der Waals surface area contributed by atoms with Crippen LogP contribution >= 0.6 is 0 Å². The van der Waals surface area contributed by atoms with Gasteiger partial charge in [-0.1, -0.05) is 0 Å². The Hall–Kier alpha value is -1.47. The van der Waals surface area contributed by atoms with E-state index < -0.39 is 21.7 Å². The van der Waals surface area contributed by atoms with Crippen LogP contribution in [0.2, 0.25) is 0 Å². The monoisotopic (exact) mass is 298 g/mol. The van der Waals surface area contributed by atoms with Gasteiger partial charge in [0.15, 0.2) is 0 Å². The van der Waals surface area contributed by atoms with Gasteiger partial charge in [-0.15, -0.1) is 0 Å². The highest BCUT2D eigenvalue weighted by Crippen LogP contribution is 2.38. The number of fused-ring (bicyclic) bond motifs is 2. The van der Waals surface area contributed by atoms with E-state index in [4.69, 9.17) is 5.14 Å². The third kappa shape index (κ3) is 2.20. The van der Waals surface area contributed by atoms with Gasteiger partial charge in [0.05, 0.1) is 10.5 Å². The molecule has 2 atom stereocenters. The molecule has 0 radical (unpaired) electrons. The summed E-state index contributed by atoms with van der Waals surface area (Å²) in [5.41, 5.74) is -0.218. The molecule has 3 rings (SSSR count). The smallest absolute Gasteiger partial charge is 0.257 e. The van der Waals surface area contributed by atoms with Gasteiger partial charge in [-0.05, 0) is 43.4 Å². The molecule has 20 heavy (non-hydrogen) atoms. The van der Waals surface area contributed by atoms with Crippen LogP contribution in [0.15, 0.2) is 23.1 Å². The summed E-state index contributed by atoms with van der Waals surface area (Å²) in [6.45, 7) is 0.628. The number of piperidine rings is 1. The zero-order valence-electron chi connectivity index (χ0n) is 10.8. The maximum absolute atomic E-state index is 13.8. The molecular weight excluding hydrogens is 283 g/mol. The molecule has 7 heteroatoms. The van der Waals surface area contributed by atoms with Crippen LogP contribution in [0.1, 0.15) is 29.6 Å². The van der Waals surface area contributed by atoms with Crippen LogP contribution in [0, 0.1) is 11.7 Å². The van der Waals surface area contributed by atoms with Crippen LogP contribution in [0.25, 0.3) is 0 Å². The molecule has 0 spiro atoms. The Morgan fingerprint density at radius 2 is 2.10 bits per heavy atom. The maximum atomic E-state index is 13.8. The van der Waals surface area contributed by atoms with Crippen LogP contribution in [0.4, 0.5) is 4.39 Å². The van der Waals surface area contributed by atoms with Crippen molar-refractivity contribution in [3.8, 4) is 0 Å². The van der Waals surface area contributed by atoms with Crippen LogP contribution in [-0.4, -0.2) is 31.8 Å². The first kappa shape index (κ1) is 13.5. The summed E-state index contributed by atoms with van der Waals surface area (Å²) < 4.78 is 36.4. The fraction of sp³-hybridized carbons (Fsp3) is 0.462. The first-order valence-corrected chi connectivity index (χ1v) is 8.04. The SMILES string of the molecule is NS(=O)(=O)c1ccc(F)c(C(=O)N2CC3CCC2C3)c1. The number of amides is 1. The molecule has 2 unspecified atom stereocenters. The molecule has 1 aromatic rings. The predicted molar refractivity (Wildman–Crippen MR) is 69.9 cm³/mol. The van der Waals surface area contributed by atoms with E-state index in [2.05, 4.69) is 0 Å². The summed E-state index contributed by atoms with van der Waals surface area (Å²) in [4.78, 5) is 13.8. The van der Waals surface area contributed by atoms with Crippen LogP contribution in [-0.2, 0) is 10.0 Å². The summed E-state index contributed by atoms with van der Waals surface area (Å²) in [5.74, 6) is -0.668. The zero-order chi connectivity index (χ0) is 14.5. The molecule has 1 aliphatic carbocycles. The van der Waals surface area contributed by atoms with E-state index in [1.54, 1.807) is 4.90 Å². The van der Waals surface area contributed by atoms with Crippen molar-refractivity contribution in [3.63, 3.8) is 0 Å². The molecule has 1 saturated heterocycles. The molecule has 1 heterocycles. The Morgan fingerprint density at radius 1 is 1.35 bits per heavy atom. The van der Waals surface area contributed by atoms with Crippen molar-refractivity contribution in [3.05, 3.63) is 29.6 Å². The first-order valence-electron chi connectivity index (χ1n) is 6.49. The molecule has 2 N–H and O–H groups in total. The van der Waals surface area contributed by atoms with E-state index in [1.807, 2.05) is 0 Å². The van der Waals surface area contributed by atoms with Crippen molar-refractivity contribution < 1.29 is 17.6 Å². The van der Waals surface area contributed by atoms with Gasteiger partial charge < -0.3 is 4.90 Å². The first-order chi connectivity index (χ1) is 9.36. The minimum atomic E-state index is -3.95. The zero-order valence-corrected chi connectivity index (χ0v) is 11.6. The van der Waals surface area contributed by atoms with Crippen molar-refractivity contribution in [1.82, 2.24) is 4.90 Å². The highest BCUT2D eigenvalue weighted by Gasteiger charge is 2.41. The lowest BCUT2D eigenvalue weighted by Gasteiger charge is -2.27. The number of halogens is 1. The number of hydrogen-bond acceptors (Lipinski definition) is 3. The van der Waals surface area contributed by atoms with Crippen molar-refractivity contribution in [1.29, 1.82) is 0 Å². The fourth-order valence-electron chi connectivity index (χ4n) is 3.17. The molecule has 1 aliphatic heterocycles. The third-order valence-electron chi connectivity index (χ3n) is 4.17. The van der Waals surface area contributed by atoms with E-state index >= 15 is 0 Å². The van der Waals surface area contributed by atoms with Crippen LogP contribution in [0.3, 0.4) is 0 Å². The Morgan fingerprint density at radius 3 is 2.65 bits per heavy atom. The maximum Gasteiger partial charge on any atom is 0.257 e. The van der Waals surface area contributed by atoms with Gasteiger partial charge in [0.1, 0.15) is 5.82 Å². The highest BCUT2D eigenvalue weighted by atomic mass is 32.2. The van der Waals surface area contributed by atoms with Gasteiger partial charge in [-0.2, -0.15) is 0 Å². The van der Waals surface area contributed by atoms with Gasteiger partial charge in [-0.3, -0.25) is 4.79 Å². The fourth-order valence-corrected chi connectivity index (χ4v) is 3.71. The minimum absolute atomic E-state index is 0.157. The molecular formula is C13H15FN2O3S. The van der Waals surface area contributed by atoms with E-state index in [1.165, 1.54) is 0 Å². The standard InChI is InChI=1S/C13H15FN2O3S/c14-12-4-3-10(20(15,18)19)6-11(12)13(17)16-7-8-1-2-9(16)5-8/h3-4,6,8-9H,1-2,5,7H2,(H2,15,18,19). The van der Waals surface area contributed by atoms with Crippen molar-refractivity contribution >= 4 is 15.9 Å². The van der Waals surface area contributed by atoms with Gasteiger partial charge in [0.25, 0.3) is 5.91 Å². The van der Waals surface area contributed by atoms with Crippen LogP contribution < -0.4 is 5.14 Å². The molecule has 0 aromatic heterocycles. The normalized spacial score (nSPS) is 25.2. The quantitative estimate of drug-likeness (QED) is 0.887. The van der Waals surface area contributed by atoms with Gasteiger partial charge in [0, 0.05) is 12.6 Å². The van der Waals surface area contributed by atoms with E-state index in [0.29, 0.717) is 12.5 Å². The number of carbonyl (C=O) groups excluding carboxylic acids is 1. The molecule has 108 valence electrons. The Balaban J connectivity index is 1.95. The van der Waals surface area contributed by atoms with Gasteiger partial charge in [-0.25, -0.2) is 17.9 Å². The molecule has 1 aromatic carbocycles. The van der Waals surface area contributed by atoms with Crippen molar-refractivity contribution in [2.45, 2.75) is 30.2 Å². The molecule has 1 amide bonds. The Bertz CT molecular complexity index is 674. The number of sulfonamides is 1. The number of primary sulfonamides is 1. The third-order valence-corrected chi connectivity index (χ3v) is 5.08. The molecule has 1 saturated carbocycles. The summed E-state index contributed by atoms with van der Waals surface area (Å²) in [7, 11) is -3.95.